The van der Waals surface area contributed by atoms with Crippen LogP contribution in [0.1, 0.15) is 20.3 Å². The lowest BCUT2D eigenvalue weighted by Crippen LogP contribution is -2.48. The first-order valence-corrected chi connectivity index (χ1v) is 5.83. The van der Waals surface area contributed by atoms with Gasteiger partial charge in [-0.05, 0) is 39.3 Å². The molecule has 14 heavy (non-hydrogen) atoms. The molecule has 3 nitrogen and oxygen atoms in total. The fourth-order valence-corrected chi connectivity index (χ4v) is 2.60. The zero-order valence-electron chi connectivity index (χ0n) is 9.33. The molecular formula is C11H22N2O. The Morgan fingerprint density at radius 2 is 2.36 bits per heavy atom. The van der Waals surface area contributed by atoms with Gasteiger partial charge in [-0.3, -0.25) is 4.90 Å². The maximum atomic E-state index is 5.56. The number of morpholine rings is 1. The van der Waals surface area contributed by atoms with Crippen LogP contribution in [0.3, 0.4) is 0 Å². The molecule has 0 saturated carbocycles. The molecule has 1 N–H and O–H groups in total. The van der Waals surface area contributed by atoms with Crippen molar-refractivity contribution in [2.45, 2.75) is 32.4 Å². The van der Waals surface area contributed by atoms with Crippen LogP contribution in [-0.2, 0) is 4.74 Å². The van der Waals surface area contributed by atoms with Crippen LogP contribution in [0, 0.1) is 5.92 Å². The van der Waals surface area contributed by atoms with Gasteiger partial charge in [0.2, 0.25) is 0 Å². The van der Waals surface area contributed by atoms with E-state index in [1.54, 1.807) is 0 Å². The lowest BCUT2D eigenvalue weighted by Gasteiger charge is -2.38. The Labute approximate surface area is 86.8 Å². The number of hydrogen-bond donors (Lipinski definition) is 1. The van der Waals surface area contributed by atoms with E-state index in [2.05, 4.69) is 24.1 Å². The molecule has 0 aliphatic carbocycles. The minimum absolute atomic E-state index is 0.417. The highest BCUT2D eigenvalue weighted by atomic mass is 16.5. The Morgan fingerprint density at radius 1 is 1.50 bits per heavy atom. The maximum Gasteiger partial charge on any atom is 0.0674 e. The zero-order chi connectivity index (χ0) is 9.97. The highest BCUT2D eigenvalue weighted by Gasteiger charge is 2.28. The van der Waals surface area contributed by atoms with E-state index in [9.17, 15) is 0 Å². The molecule has 3 atom stereocenters. The summed E-state index contributed by atoms with van der Waals surface area (Å²) in [5.41, 5.74) is 0. The van der Waals surface area contributed by atoms with Gasteiger partial charge >= 0.3 is 0 Å². The van der Waals surface area contributed by atoms with Crippen molar-refractivity contribution in [3.8, 4) is 0 Å². The summed E-state index contributed by atoms with van der Waals surface area (Å²) in [6.07, 6.45) is 1.76. The van der Waals surface area contributed by atoms with Crippen LogP contribution in [0.15, 0.2) is 0 Å². The molecule has 0 aromatic heterocycles. The molecule has 2 fully saturated rings. The van der Waals surface area contributed by atoms with Crippen LogP contribution in [0.25, 0.3) is 0 Å². The van der Waals surface area contributed by atoms with Crippen molar-refractivity contribution in [2.75, 3.05) is 32.8 Å². The Kier molecular flexibility index (Phi) is 3.42. The summed E-state index contributed by atoms with van der Waals surface area (Å²) in [6.45, 7) is 10.1. The molecule has 3 unspecified atom stereocenters. The van der Waals surface area contributed by atoms with Crippen molar-refractivity contribution in [3.05, 3.63) is 0 Å². The molecular weight excluding hydrogens is 176 g/mol. The summed E-state index contributed by atoms with van der Waals surface area (Å²) in [4.78, 5) is 2.59. The van der Waals surface area contributed by atoms with Gasteiger partial charge in [0, 0.05) is 19.1 Å². The maximum absolute atomic E-state index is 5.56. The lowest BCUT2D eigenvalue weighted by atomic mass is 9.98. The van der Waals surface area contributed by atoms with Gasteiger partial charge in [-0.2, -0.15) is 0 Å². The number of nitrogens with one attached hydrogen (secondary N) is 1. The van der Waals surface area contributed by atoms with Crippen LogP contribution in [0.5, 0.6) is 0 Å². The molecule has 0 bridgehead atoms. The zero-order valence-corrected chi connectivity index (χ0v) is 9.33. The van der Waals surface area contributed by atoms with E-state index in [0.717, 1.165) is 31.7 Å². The largest absolute Gasteiger partial charge is 0.376 e. The Morgan fingerprint density at radius 3 is 3.00 bits per heavy atom. The van der Waals surface area contributed by atoms with E-state index in [4.69, 9.17) is 4.74 Å². The van der Waals surface area contributed by atoms with Crippen LogP contribution < -0.4 is 5.32 Å². The van der Waals surface area contributed by atoms with E-state index in [1.165, 1.54) is 19.5 Å². The summed E-state index contributed by atoms with van der Waals surface area (Å²) in [6, 6.07) is 0.719. The quantitative estimate of drug-likeness (QED) is 0.707. The summed E-state index contributed by atoms with van der Waals surface area (Å²) in [5, 5.41) is 3.45. The molecule has 2 heterocycles. The Bertz CT molecular complexity index is 180. The Balaban J connectivity index is 1.86. The van der Waals surface area contributed by atoms with Crippen molar-refractivity contribution < 1.29 is 4.74 Å². The van der Waals surface area contributed by atoms with Crippen molar-refractivity contribution in [3.63, 3.8) is 0 Å². The molecule has 0 aromatic carbocycles. The molecule has 2 aliphatic heterocycles. The van der Waals surface area contributed by atoms with Crippen molar-refractivity contribution in [1.29, 1.82) is 0 Å². The van der Waals surface area contributed by atoms with Gasteiger partial charge in [0.05, 0.1) is 12.7 Å². The van der Waals surface area contributed by atoms with E-state index in [0.29, 0.717) is 6.10 Å². The molecule has 3 heteroatoms. The third-order valence-electron chi connectivity index (χ3n) is 3.63. The summed E-state index contributed by atoms with van der Waals surface area (Å²) in [7, 11) is 0. The van der Waals surface area contributed by atoms with Gasteiger partial charge in [-0.15, -0.1) is 0 Å². The molecule has 0 aromatic rings. The van der Waals surface area contributed by atoms with Gasteiger partial charge < -0.3 is 10.1 Å². The van der Waals surface area contributed by atoms with Gasteiger partial charge in [0.1, 0.15) is 0 Å². The first kappa shape index (κ1) is 10.4. The predicted octanol–water partition coefficient (Wildman–Crippen LogP) is 0.705. The molecule has 2 rings (SSSR count). The molecule has 0 radical (unpaired) electrons. The van der Waals surface area contributed by atoms with E-state index < -0.39 is 0 Å². The van der Waals surface area contributed by atoms with Crippen LogP contribution in [0.4, 0.5) is 0 Å². The standard InChI is InChI=1S/C11H22N2O/c1-9-8-13(5-6-14-9)10(2)11-3-4-12-7-11/h9-12H,3-8H2,1-2H3. The molecule has 0 amide bonds. The summed E-state index contributed by atoms with van der Waals surface area (Å²) in [5.74, 6) is 0.847. The molecule has 2 aliphatic rings. The minimum atomic E-state index is 0.417. The van der Waals surface area contributed by atoms with Gasteiger partial charge in [0.15, 0.2) is 0 Å². The second-order valence-electron chi connectivity index (χ2n) is 4.67. The first-order valence-electron chi connectivity index (χ1n) is 5.83. The SMILES string of the molecule is CC1CN(C(C)C2CCNC2)CCO1. The average Bonchev–Trinajstić information content (AvgIpc) is 2.69. The van der Waals surface area contributed by atoms with Crippen LogP contribution in [0.2, 0.25) is 0 Å². The summed E-state index contributed by atoms with van der Waals surface area (Å²) >= 11 is 0. The normalized spacial score (nSPS) is 37.3. The highest BCUT2D eigenvalue weighted by molar-refractivity contribution is 4.84. The van der Waals surface area contributed by atoms with Gasteiger partial charge in [-0.1, -0.05) is 0 Å². The third-order valence-corrected chi connectivity index (χ3v) is 3.63. The molecule has 82 valence electrons. The fourth-order valence-electron chi connectivity index (χ4n) is 2.60. The number of ether oxygens (including phenoxy) is 1. The van der Waals surface area contributed by atoms with Crippen LogP contribution in [-0.4, -0.2) is 49.8 Å². The number of nitrogens with zero attached hydrogens (tertiary/aromatic N) is 1. The van der Waals surface area contributed by atoms with E-state index in [-0.39, 0.29) is 0 Å². The third kappa shape index (κ3) is 2.27. The highest BCUT2D eigenvalue weighted by Crippen LogP contribution is 2.19. The predicted molar refractivity (Wildman–Crippen MR) is 57.4 cm³/mol. The van der Waals surface area contributed by atoms with Crippen molar-refractivity contribution >= 4 is 0 Å². The second-order valence-corrected chi connectivity index (χ2v) is 4.67. The lowest BCUT2D eigenvalue weighted by molar-refractivity contribution is -0.0388. The molecule has 0 spiro atoms. The fraction of sp³-hybridized carbons (Fsp3) is 1.00. The van der Waals surface area contributed by atoms with Crippen molar-refractivity contribution in [1.82, 2.24) is 10.2 Å². The van der Waals surface area contributed by atoms with Gasteiger partial charge in [-0.25, -0.2) is 0 Å². The average molecular weight is 198 g/mol. The first-order chi connectivity index (χ1) is 6.77. The number of rotatable bonds is 2. The minimum Gasteiger partial charge on any atom is -0.376 e. The second kappa shape index (κ2) is 4.60. The smallest absolute Gasteiger partial charge is 0.0674 e. The van der Waals surface area contributed by atoms with Gasteiger partial charge in [0.25, 0.3) is 0 Å². The molecule has 2 saturated heterocycles. The van der Waals surface area contributed by atoms with Crippen molar-refractivity contribution in [2.24, 2.45) is 5.92 Å². The Hall–Kier alpha value is -0.120. The van der Waals surface area contributed by atoms with Crippen LogP contribution >= 0.6 is 0 Å². The summed E-state index contributed by atoms with van der Waals surface area (Å²) < 4.78 is 5.56. The topological polar surface area (TPSA) is 24.5 Å². The van der Waals surface area contributed by atoms with E-state index in [1.807, 2.05) is 0 Å². The monoisotopic (exact) mass is 198 g/mol. The number of hydrogen-bond acceptors (Lipinski definition) is 3. The van der Waals surface area contributed by atoms with E-state index >= 15 is 0 Å².